The Balaban J connectivity index is 1.61. The molecule has 1 amide bonds. The van der Waals surface area contributed by atoms with Gasteiger partial charge in [-0.15, -0.1) is 0 Å². The van der Waals surface area contributed by atoms with Crippen LogP contribution in [0.1, 0.15) is 48.5 Å². The Kier molecular flexibility index (Phi) is 12.6. The number of amides is 1. The molecule has 0 unspecified atom stereocenters. The molecule has 1 aromatic heterocycles. The second-order valence-electron chi connectivity index (χ2n) is 11.4. The van der Waals surface area contributed by atoms with Crippen molar-refractivity contribution in [2.24, 2.45) is 0 Å². The van der Waals surface area contributed by atoms with Gasteiger partial charge in [0, 0.05) is 19.2 Å². The Morgan fingerprint density at radius 1 is 0.698 bits per heavy atom. The lowest BCUT2D eigenvalue weighted by atomic mass is 9.93. The average molecular weight is 723 g/mol. The predicted molar refractivity (Wildman–Crippen MR) is 184 cm³/mol. The van der Waals surface area contributed by atoms with E-state index in [1.807, 2.05) is 0 Å². The van der Waals surface area contributed by atoms with Gasteiger partial charge in [0.15, 0.2) is 18.3 Å². The highest BCUT2D eigenvalue weighted by atomic mass is 16.6. The fraction of sp³-hybridized carbons (Fsp3) is 0.205. The molecule has 3 aromatic carbocycles. The van der Waals surface area contributed by atoms with E-state index >= 15 is 0 Å². The number of ether oxygens (including phenoxy) is 6. The molecule has 53 heavy (non-hydrogen) atoms. The molecule has 1 N–H and O–H groups in total. The van der Waals surface area contributed by atoms with Crippen LogP contribution in [0.3, 0.4) is 0 Å². The second kappa shape index (κ2) is 17.9. The molecule has 1 aliphatic rings. The first kappa shape index (κ1) is 37.4. The molecule has 4 aromatic rings. The maximum Gasteiger partial charge on any atom is 0.373 e. The number of pyridine rings is 1. The summed E-state index contributed by atoms with van der Waals surface area (Å²) in [6.45, 7) is 0.454. The molecule has 5 rings (SSSR count). The molecule has 0 spiro atoms. The lowest BCUT2D eigenvalue weighted by molar-refractivity contribution is -0.153. The molecule has 0 bridgehead atoms. The van der Waals surface area contributed by atoms with Gasteiger partial charge in [-0.3, -0.25) is 4.79 Å². The minimum absolute atomic E-state index is 0.0660. The summed E-state index contributed by atoms with van der Waals surface area (Å²) in [6, 6.07) is 26.7. The van der Waals surface area contributed by atoms with Crippen LogP contribution < -0.4 is 5.32 Å². The van der Waals surface area contributed by atoms with Gasteiger partial charge < -0.3 is 33.7 Å². The maximum atomic E-state index is 13.7. The Bertz CT molecular complexity index is 1940. The molecule has 1 aliphatic heterocycles. The van der Waals surface area contributed by atoms with E-state index in [4.69, 9.17) is 28.4 Å². The summed E-state index contributed by atoms with van der Waals surface area (Å²) in [7, 11) is 1.08. The molecule has 0 fully saturated rings. The highest BCUT2D eigenvalue weighted by Crippen LogP contribution is 2.30. The minimum atomic E-state index is -1.78. The fourth-order valence-corrected chi connectivity index (χ4v) is 5.27. The number of aromatic nitrogens is 1. The van der Waals surface area contributed by atoms with Crippen molar-refractivity contribution in [3.05, 3.63) is 150 Å². The van der Waals surface area contributed by atoms with E-state index in [0.29, 0.717) is 0 Å². The van der Waals surface area contributed by atoms with Gasteiger partial charge >= 0.3 is 29.8 Å². The summed E-state index contributed by atoms with van der Waals surface area (Å²) in [5.41, 5.74) is 0.227. The molecule has 0 saturated heterocycles. The number of nitrogens with one attached hydrogen (secondary N) is 1. The van der Waals surface area contributed by atoms with Crippen LogP contribution in [-0.4, -0.2) is 84.9 Å². The standard InChI is InChI=1S/C39H34N2O12/c1-24(42)41-32-29(51-36(44)26-16-8-4-9-17-26)22-30(39(47)48-2)50-34(32)33(53-37(45)27-18-10-5-11-19-27)31(52-38(46)28-20-12-13-21-40-28)23-49-35(43)25-14-6-3-7-15-25/h3-22,29,31-34H,23H2,1-2H3,(H,41,42)/t29-,31+,32+,33+,34+/m0/s1. The van der Waals surface area contributed by atoms with Crippen molar-refractivity contribution in [2.45, 2.75) is 37.4 Å². The highest BCUT2D eigenvalue weighted by molar-refractivity contribution is 5.91. The number of esters is 5. The number of carbonyl (C=O) groups is 6. The summed E-state index contributed by atoms with van der Waals surface area (Å²) < 4.78 is 34.2. The zero-order valence-corrected chi connectivity index (χ0v) is 28.5. The first-order valence-electron chi connectivity index (χ1n) is 16.2. The SMILES string of the molecule is COC(=O)C1=C[C@H](OC(=O)c2ccccc2)[C@@H](NC(C)=O)[C@H]([C@H](OC(=O)c2ccccc2)[C@@H](COC(=O)c2ccccc2)OC(=O)c2ccccn2)O1. The number of rotatable bonds is 13. The van der Waals surface area contributed by atoms with Crippen molar-refractivity contribution >= 4 is 35.8 Å². The van der Waals surface area contributed by atoms with E-state index < -0.39 is 78.6 Å². The largest absolute Gasteiger partial charge is 0.477 e. The van der Waals surface area contributed by atoms with Crippen LogP contribution in [0.2, 0.25) is 0 Å². The predicted octanol–water partition coefficient (Wildman–Crippen LogP) is 3.88. The molecule has 0 radical (unpaired) electrons. The Morgan fingerprint density at radius 2 is 1.26 bits per heavy atom. The smallest absolute Gasteiger partial charge is 0.373 e. The van der Waals surface area contributed by atoms with Crippen LogP contribution in [0, 0.1) is 0 Å². The third kappa shape index (κ3) is 9.91. The van der Waals surface area contributed by atoms with Crippen molar-refractivity contribution in [1.82, 2.24) is 10.3 Å². The molecule has 272 valence electrons. The zero-order valence-electron chi connectivity index (χ0n) is 28.5. The quantitative estimate of drug-likeness (QED) is 0.155. The molecule has 14 nitrogen and oxygen atoms in total. The monoisotopic (exact) mass is 722 g/mol. The van der Waals surface area contributed by atoms with E-state index in [-0.39, 0.29) is 22.4 Å². The first-order valence-corrected chi connectivity index (χ1v) is 16.2. The number of methoxy groups -OCH3 is 1. The van der Waals surface area contributed by atoms with E-state index in [2.05, 4.69) is 10.3 Å². The Labute approximate surface area is 303 Å². The van der Waals surface area contributed by atoms with Gasteiger partial charge in [-0.05, 0) is 48.5 Å². The van der Waals surface area contributed by atoms with Gasteiger partial charge in [0.05, 0.1) is 23.8 Å². The van der Waals surface area contributed by atoms with E-state index in [9.17, 15) is 28.8 Å². The second-order valence-corrected chi connectivity index (χ2v) is 11.4. The van der Waals surface area contributed by atoms with Crippen molar-refractivity contribution in [2.75, 3.05) is 13.7 Å². The molecule has 2 heterocycles. The third-order valence-corrected chi connectivity index (χ3v) is 7.76. The summed E-state index contributed by atoms with van der Waals surface area (Å²) in [4.78, 5) is 83.5. The average Bonchev–Trinajstić information content (AvgIpc) is 3.19. The van der Waals surface area contributed by atoms with E-state index in [1.165, 1.54) is 61.7 Å². The van der Waals surface area contributed by atoms with E-state index in [0.717, 1.165) is 13.2 Å². The maximum absolute atomic E-state index is 13.7. The normalized spacial score (nSPS) is 17.3. The number of nitrogens with zero attached hydrogens (tertiary/aromatic N) is 1. The molecule has 0 saturated carbocycles. The van der Waals surface area contributed by atoms with Gasteiger partial charge in [0.2, 0.25) is 11.7 Å². The molecular formula is C39H34N2O12. The van der Waals surface area contributed by atoms with Crippen molar-refractivity contribution < 1.29 is 57.2 Å². The van der Waals surface area contributed by atoms with Crippen molar-refractivity contribution in [1.29, 1.82) is 0 Å². The van der Waals surface area contributed by atoms with Gasteiger partial charge in [0.25, 0.3) is 0 Å². The van der Waals surface area contributed by atoms with Gasteiger partial charge in [-0.25, -0.2) is 29.0 Å². The van der Waals surface area contributed by atoms with Crippen molar-refractivity contribution in [3.63, 3.8) is 0 Å². The van der Waals surface area contributed by atoms with Gasteiger partial charge in [-0.1, -0.05) is 60.7 Å². The number of hydrogen-bond acceptors (Lipinski definition) is 13. The third-order valence-electron chi connectivity index (χ3n) is 7.76. The fourth-order valence-electron chi connectivity index (χ4n) is 5.27. The number of hydrogen-bond donors (Lipinski definition) is 1. The van der Waals surface area contributed by atoms with Crippen LogP contribution in [-0.2, 0) is 38.0 Å². The lowest BCUT2D eigenvalue weighted by Gasteiger charge is -2.41. The van der Waals surface area contributed by atoms with E-state index in [1.54, 1.807) is 60.7 Å². The van der Waals surface area contributed by atoms with Gasteiger partial charge in [0.1, 0.15) is 24.4 Å². The lowest BCUT2D eigenvalue weighted by Crippen LogP contribution is -2.62. The minimum Gasteiger partial charge on any atom is -0.477 e. The number of carbonyl (C=O) groups excluding carboxylic acids is 6. The molecule has 0 aliphatic carbocycles. The zero-order chi connectivity index (χ0) is 37.7. The number of benzene rings is 3. The van der Waals surface area contributed by atoms with Crippen molar-refractivity contribution in [3.8, 4) is 0 Å². The summed E-state index contributed by atoms with van der Waals surface area (Å²) >= 11 is 0. The first-order chi connectivity index (χ1) is 25.6. The topological polar surface area (TPSA) is 183 Å². The summed E-state index contributed by atoms with van der Waals surface area (Å²) in [5.74, 6) is -5.73. The van der Waals surface area contributed by atoms with Crippen LogP contribution >= 0.6 is 0 Å². The molecule has 5 atom stereocenters. The Morgan fingerprint density at radius 3 is 1.81 bits per heavy atom. The van der Waals surface area contributed by atoms with Crippen LogP contribution in [0.25, 0.3) is 0 Å². The summed E-state index contributed by atoms with van der Waals surface area (Å²) in [5, 5.41) is 2.65. The summed E-state index contributed by atoms with van der Waals surface area (Å²) in [6.07, 6.45) is -4.09. The van der Waals surface area contributed by atoms with Crippen LogP contribution in [0.5, 0.6) is 0 Å². The van der Waals surface area contributed by atoms with Crippen LogP contribution in [0.4, 0.5) is 0 Å². The van der Waals surface area contributed by atoms with Crippen LogP contribution in [0.15, 0.2) is 127 Å². The Hall–Kier alpha value is -6.83. The highest BCUT2D eigenvalue weighted by Gasteiger charge is 2.50. The van der Waals surface area contributed by atoms with Gasteiger partial charge in [-0.2, -0.15) is 0 Å². The molecular weight excluding hydrogens is 688 g/mol. The molecule has 14 heteroatoms.